The van der Waals surface area contributed by atoms with E-state index in [1.807, 2.05) is 0 Å². The van der Waals surface area contributed by atoms with Crippen LogP contribution in [0.4, 0.5) is 0 Å². The zero-order chi connectivity index (χ0) is 11.8. The Kier molecular flexibility index (Phi) is 3.22. The topological polar surface area (TPSA) is 58.6 Å². The van der Waals surface area contributed by atoms with E-state index in [0.29, 0.717) is 6.42 Å². The Morgan fingerprint density at radius 3 is 2.56 bits per heavy atom. The Morgan fingerprint density at radius 2 is 2.06 bits per heavy atom. The smallest absolute Gasteiger partial charge is 0.332 e. The van der Waals surface area contributed by atoms with Gasteiger partial charge in [0, 0.05) is 12.1 Å². The van der Waals surface area contributed by atoms with Crippen molar-refractivity contribution in [2.24, 2.45) is 5.92 Å². The number of ether oxygens (including phenoxy) is 1. The minimum absolute atomic E-state index is 0.0686. The number of hydrogen-bond acceptors (Lipinski definition) is 3. The van der Waals surface area contributed by atoms with Gasteiger partial charge in [0.15, 0.2) is 6.10 Å². The van der Waals surface area contributed by atoms with E-state index in [4.69, 9.17) is 9.84 Å². The minimum atomic E-state index is -0.830. The molecule has 2 rings (SSSR count). The second-order valence-corrected chi connectivity index (χ2v) is 5.54. The summed E-state index contributed by atoms with van der Waals surface area (Å²) in [5, 5.41) is 12.3. The predicted octanol–water partition coefficient (Wildman–Crippen LogP) is 1.40. The van der Waals surface area contributed by atoms with Crippen LogP contribution in [-0.4, -0.2) is 35.4 Å². The summed E-state index contributed by atoms with van der Waals surface area (Å²) in [4.78, 5) is 10.7. The van der Waals surface area contributed by atoms with E-state index in [2.05, 4.69) is 19.2 Å². The molecular weight excluding hydrogens is 206 g/mol. The maximum atomic E-state index is 10.7. The molecule has 4 nitrogen and oxygen atoms in total. The van der Waals surface area contributed by atoms with Crippen molar-refractivity contribution >= 4 is 5.97 Å². The molecule has 2 atom stereocenters. The molecule has 0 aromatic rings. The van der Waals surface area contributed by atoms with E-state index in [1.54, 1.807) is 0 Å². The molecule has 1 heterocycles. The van der Waals surface area contributed by atoms with Crippen LogP contribution in [-0.2, 0) is 9.53 Å². The fraction of sp³-hybridized carbons (Fsp3) is 0.917. The molecule has 0 radical (unpaired) electrons. The first-order valence-corrected chi connectivity index (χ1v) is 6.12. The van der Waals surface area contributed by atoms with Gasteiger partial charge in [-0.15, -0.1) is 0 Å². The monoisotopic (exact) mass is 227 g/mol. The molecule has 2 unspecified atom stereocenters. The minimum Gasteiger partial charge on any atom is -0.479 e. The molecule has 2 aliphatic rings. The van der Waals surface area contributed by atoms with E-state index in [1.165, 1.54) is 12.8 Å². The molecular formula is C12H21NO3. The van der Waals surface area contributed by atoms with Gasteiger partial charge in [-0.3, -0.25) is 0 Å². The third-order valence-electron chi connectivity index (χ3n) is 3.77. The summed E-state index contributed by atoms with van der Waals surface area (Å²) in [7, 11) is 0. The first kappa shape index (κ1) is 11.9. The third-order valence-corrected chi connectivity index (χ3v) is 3.77. The van der Waals surface area contributed by atoms with Crippen molar-refractivity contribution in [2.45, 2.75) is 57.3 Å². The van der Waals surface area contributed by atoms with Crippen molar-refractivity contribution in [2.75, 3.05) is 6.54 Å². The molecule has 1 aliphatic heterocycles. The average Bonchev–Trinajstić information content (AvgIpc) is 2.95. The van der Waals surface area contributed by atoms with E-state index in [0.717, 1.165) is 18.9 Å². The molecule has 2 N–H and O–H groups in total. The highest BCUT2D eigenvalue weighted by Gasteiger charge is 2.38. The Balaban J connectivity index is 1.73. The highest BCUT2D eigenvalue weighted by atomic mass is 16.5. The zero-order valence-electron chi connectivity index (χ0n) is 10.0. The fourth-order valence-corrected chi connectivity index (χ4v) is 2.36. The summed E-state index contributed by atoms with van der Waals surface area (Å²) < 4.78 is 5.46. The molecule has 0 aromatic heterocycles. The first-order valence-electron chi connectivity index (χ1n) is 6.12. The van der Waals surface area contributed by atoms with Gasteiger partial charge in [-0.25, -0.2) is 4.79 Å². The van der Waals surface area contributed by atoms with Gasteiger partial charge in [0.1, 0.15) is 0 Å². The molecule has 1 saturated heterocycles. The predicted molar refractivity (Wildman–Crippen MR) is 60.3 cm³/mol. The van der Waals surface area contributed by atoms with E-state index in [-0.39, 0.29) is 11.6 Å². The number of nitrogens with one attached hydrogen (secondary N) is 1. The zero-order valence-corrected chi connectivity index (χ0v) is 10.0. The van der Waals surface area contributed by atoms with Crippen LogP contribution >= 0.6 is 0 Å². The van der Waals surface area contributed by atoms with E-state index in [9.17, 15) is 4.79 Å². The van der Waals surface area contributed by atoms with Gasteiger partial charge < -0.3 is 15.2 Å². The SMILES string of the molecule is CC(C)(NCC1CCC(C(=O)O)O1)C1CC1. The third kappa shape index (κ3) is 2.74. The van der Waals surface area contributed by atoms with Crippen molar-refractivity contribution in [1.29, 1.82) is 0 Å². The second kappa shape index (κ2) is 4.34. The first-order chi connectivity index (χ1) is 7.49. The van der Waals surface area contributed by atoms with Gasteiger partial charge in [-0.05, 0) is 45.4 Å². The standard InChI is InChI=1S/C12H21NO3/c1-12(2,8-3-4-8)13-7-9-5-6-10(16-9)11(14)15/h8-10,13H,3-7H2,1-2H3,(H,14,15). The van der Waals surface area contributed by atoms with Crippen LogP contribution in [0.25, 0.3) is 0 Å². The lowest BCUT2D eigenvalue weighted by Gasteiger charge is -2.28. The average molecular weight is 227 g/mol. The molecule has 16 heavy (non-hydrogen) atoms. The molecule has 1 aliphatic carbocycles. The Labute approximate surface area is 96.4 Å². The number of carboxylic acid groups (broad SMARTS) is 1. The summed E-state index contributed by atoms with van der Waals surface area (Å²) in [6, 6.07) is 0. The van der Waals surface area contributed by atoms with Crippen LogP contribution in [0.2, 0.25) is 0 Å². The van der Waals surface area contributed by atoms with E-state index < -0.39 is 12.1 Å². The maximum absolute atomic E-state index is 10.7. The lowest BCUT2D eigenvalue weighted by molar-refractivity contribution is -0.149. The summed E-state index contributed by atoms with van der Waals surface area (Å²) in [5.41, 5.74) is 0.171. The summed E-state index contributed by atoms with van der Waals surface area (Å²) in [6.07, 6.45) is 3.60. The molecule has 4 heteroatoms. The normalized spacial score (nSPS) is 30.6. The van der Waals surface area contributed by atoms with Crippen molar-refractivity contribution < 1.29 is 14.6 Å². The van der Waals surface area contributed by atoms with Crippen LogP contribution < -0.4 is 5.32 Å². The number of aliphatic carboxylic acids is 1. The molecule has 2 fully saturated rings. The Bertz CT molecular complexity index is 273. The molecule has 0 amide bonds. The molecule has 0 aromatic carbocycles. The van der Waals surface area contributed by atoms with E-state index >= 15 is 0 Å². The molecule has 92 valence electrons. The van der Waals surface area contributed by atoms with Gasteiger partial charge in [0.25, 0.3) is 0 Å². The van der Waals surface area contributed by atoms with Crippen LogP contribution in [0.15, 0.2) is 0 Å². The van der Waals surface area contributed by atoms with Crippen molar-refractivity contribution in [3.05, 3.63) is 0 Å². The largest absolute Gasteiger partial charge is 0.479 e. The van der Waals surface area contributed by atoms with Crippen LogP contribution in [0.5, 0.6) is 0 Å². The number of rotatable bonds is 5. The number of carboxylic acids is 1. The lowest BCUT2D eigenvalue weighted by atomic mass is 9.98. The highest BCUT2D eigenvalue weighted by molar-refractivity contribution is 5.72. The van der Waals surface area contributed by atoms with Crippen LogP contribution in [0, 0.1) is 5.92 Å². The molecule has 0 spiro atoms. The van der Waals surface area contributed by atoms with Gasteiger partial charge >= 0.3 is 5.97 Å². The Morgan fingerprint density at radius 1 is 1.38 bits per heavy atom. The summed E-state index contributed by atoms with van der Waals surface area (Å²) >= 11 is 0. The maximum Gasteiger partial charge on any atom is 0.332 e. The number of carbonyl (C=O) groups is 1. The van der Waals surface area contributed by atoms with Crippen molar-refractivity contribution in [3.63, 3.8) is 0 Å². The van der Waals surface area contributed by atoms with Gasteiger partial charge in [0.2, 0.25) is 0 Å². The molecule has 0 bridgehead atoms. The highest BCUT2D eigenvalue weighted by Crippen LogP contribution is 2.39. The Hall–Kier alpha value is -0.610. The fourth-order valence-electron chi connectivity index (χ4n) is 2.36. The van der Waals surface area contributed by atoms with Crippen LogP contribution in [0.1, 0.15) is 39.5 Å². The van der Waals surface area contributed by atoms with Crippen molar-refractivity contribution in [3.8, 4) is 0 Å². The van der Waals surface area contributed by atoms with Gasteiger partial charge in [-0.1, -0.05) is 0 Å². The lowest BCUT2D eigenvalue weighted by Crippen LogP contribution is -2.45. The van der Waals surface area contributed by atoms with Crippen LogP contribution in [0.3, 0.4) is 0 Å². The number of hydrogen-bond donors (Lipinski definition) is 2. The summed E-state index contributed by atoms with van der Waals surface area (Å²) in [5.74, 6) is -0.0480. The van der Waals surface area contributed by atoms with Gasteiger partial charge in [0.05, 0.1) is 6.10 Å². The quantitative estimate of drug-likeness (QED) is 0.745. The van der Waals surface area contributed by atoms with Gasteiger partial charge in [-0.2, -0.15) is 0 Å². The summed E-state index contributed by atoms with van der Waals surface area (Å²) in [6.45, 7) is 5.20. The molecule has 1 saturated carbocycles. The van der Waals surface area contributed by atoms with Crippen molar-refractivity contribution in [1.82, 2.24) is 5.32 Å². The second-order valence-electron chi connectivity index (χ2n) is 5.54.